The highest BCUT2D eigenvalue weighted by atomic mass is 19.3. The molecule has 0 bridgehead atoms. The number of halogens is 2. The number of pyridine rings is 1. The summed E-state index contributed by atoms with van der Waals surface area (Å²) in [6, 6.07) is 3.26. The molecule has 0 saturated carbocycles. The van der Waals surface area contributed by atoms with Crippen molar-refractivity contribution in [2.75, 3.05) is 18.5 Å². The van der Waals surface area contributed by atoms with Gasteiger partial charge >= 0.3 is 0 Å². The van der Waals surface area contributed by atoms with Crippen molar-refractivity contribution in [1.82, 2.24) is 4.98 Å². The van der Waals surface area contributed by atoms with Gasteiger partial charge in [0.25, 0.3) is 5.92 Å². The van der Waals surface area contributed by atoms with E-state index in [1.54, 1.807) is 19.1 Å². The number of aryl methyl sites for hydroxylation is 1. The molecule has 1 heterocycles. The maximum Gasteiger partial charge on any atom is 0.287 e. The third kappa shape index (κ3) is 3.26. The van der Waals surface area contributed by atoms with E-state index in [-0.39, 0.29) is 0 Å². The fraction of sp³-hybridized carbons (Fsp3) is 0.444. The number of aliphatic hydroxyl groups is 1. The van der Waals surface area contributed by atoms with Crippen LogP contribution in [0.15, 0.2) is 18.3 Å². The Balaban J connectivity index is 2.54. The van der Waals surface area contributed by atoms with Crippen molar-refractivity contribution in [3.63, 3.8) is 0 Å². The van der Waals surface area contributed by atoms with E-state index in [1.807, 2.05) is 0 Å². The van der Waals surface area contributed by atoms with Crippen LogP contribution in [0.1, 0.15) is 5.69 Å². The Bertz CT molecular complexity index is 305. The Morgan fingerprint density at radius 2 is 2.29 bits per heavy atom. The molecule has 3 nitrogen and oxygen atoms in total. The molecule has 1 aromatic rings. The molecule has 0 aromatic carbocycles. The largest absolute Gasteiger partial charge is 0.390 e. The van der Waals surface area contributed by atoms with Gasteiger partial charge in [-0.15, -0.1) is 0 Å². The first-order valence-corrected chi connectivity index (χ1v) is 4.19. The average Bonchev–Trinajstić information content (AvgIpc) is 2.15. The first kappa shape index (κ1) is 10.8. The van der Waals surface area contributed by atoms with Crippen molar-refractivity contribution in [3.05, 3.63) is 24.0 Å². The van der Waals surface area contributed by atoms with Gasteiger partial charge in [0.1, 0.15) is 6.61 Å². The van der Waals surface area contributed by atoms with E-state index in [9.17, 15) is 8.78 Å². The number of aromatic nitrogens is 1. The number of hydrogen-bond donors (Lipinski definition) is 2. The molecule has 0 aliphatic rings. The third-order valence-corrected chi connectivity index (χ3v) is 1.68. The van der Waals surface area contributed by atoms with Gasteiger partial charge in [-0.3, -0.25) is 4.98 Å². The van der Waals surface area contributed by atoms with E-state index in [0.29, 0.717) is 5.69 Å². The minimum Gasteiger partial charge on any atom is -0.390 e. The van der Waals surface area contributed by atoms with Crippen molar-refractivity contribution < 1.29 is 13.9 Å². The minimum atomic E-state index is -3.09. The lowest BCUT2D eigenvalue weighted by Gasteiger charge is -2.14. The van der Waals surface area contributed by atoms with Crippen LogP contribution in [-0.4, -0.2) is 29.2 Å². The lowest BCUT2D eigenvalue weighted by Crippen LogP contribution is -2.31. The predicted molar refractivity (Wildman–Crippen MR) is 49.5 cm³/mol. The number of nitrogens with one attached hydrogen (secondary N) is 1. The van der Waals surface area contributed by atoms with Crippen LogP contribution in [0.2, 0.25) is 0 Å². The maximum atomic E-state index is 12.6. The van der Waals surface area contributed by atoms with Crippen molar-refractivity contribution in [3.8, 4) is 0 Å². The van der Waals surface area contributed by atoms with Crippen molar-refractivity contribution in [2.24, 2.45) is 0 Å². The quantitative estimate of drug-likeness (QED) is 0.776. The van der Waals surface area contributed by atoms with Gasteiger partial charge in [0, 0.05) is 17.6 Å². The fourth-order valence-corrected chi connectivity index (χ4v) is 0.943. The molecule has 0 atom stereocenters. The molecule has 0 aliphatic carbocycles. The number of anilines is 1. The molecular formula is C9H12F2N2O. The van der Waals surface area contributed by atoms with E-state index in [4.69, 9.17) is 5.11 Å². The first-order chi connectivity index (χ1) is 6.53. The Kier molecular flexibility index (Phi) is 3.35. The van der Waals surface area contributed by atoms with Gasteiger partial charge in [0.15, 0.2) is 0 Å². The smallest absolute Gasteiger partial charge is 0.287 e. The van der Waals surface area contributed by atoms with Crippen LogP contribution in [0.4, 0.5) is 14.5 Å². The molecule has 0 fully saturated rings. The zero-order chi connectivity index (χ0) is 10.6. The van der Waals surface area contributed by atoms with Crippen molar-refractivity contribution >= 4 is 5.69 Å². The van der Waals surface area contributed by atoms with Crippen LogP contribution < -0.4 is 5.32 Å². The molecule has 5 heteroatoms. The summed E-state index contributed by atoms with van der Waals surface area (Å²) < 4.78 is 25.2. The number of hydrogen-bond acceptors (Lipinski definition) is 3. The molecule has 0 radical (unpaired) electrons. The zero-order valence-electron chi connectivity index (χ0n) is 7.80. The van der Waals surface area contributed by atoms with Crippen LogP contribution in [0.25, 0.3) is 0 Å². The first-order valence-electron chi connectivity index (χ1n) is 4.19. The molecule has 1 rings (SSSR count). The van der Waals surface area contributed by atoms with Crippen molar-refractivity contribution in [1.29, 1.82) is 0 Å². The molecule has 0 saturated heterocycles. The summed E-state index contributed by atoms with van der Waals surface area (Å²) in [6.07, 6.45) is 1.54. The highest BCUT2D eigenvalue weighted by molar-refractivity contribution is 5.43. The molecule has 0 spiro atoms. The van der Waals surface area contributed by atoms with Crippen molar-refractivity contribution in [2.45, 2.75) is 12.8 Å². The lowest BCUT2D eigenvalue weighted by atomic mass is 10.3. The highest BCUT2D eigenvalue weighted by Crippen LogP contribution is 2.14. The van der Waals surface area contributed by atoms with Crippen LogP contribution in [0, 0.1) is 6.92 Å². The second kappa shape index (κ2) is 4.32. The van der Waals surface area contributed by atoms with Gasteiger partial charge in [0.05, 0.1) is 6.54 Å². The Hall–Kier alpha value is -1.23. The molecule has 78 valence electrons. The Morgan fingerprint density at radius 3 is 2.86 bits per heavy atom. The summed E-state index contributed by atoms with van der Waals surface area (Å²) in [5.41, 5.74) is 1.33. The van der Waals surface area contributed by atoms with E-state index in [2.05, 4.69) is 10.3 Å². The third-order valence-electron chi connectivity index (χ3n) is 1.68. The minimum absolute atomic E-state index is 0.575. The van der Waals surface area contributed by atoms with Gasteiger partial charge in [-0.25, -0.2) is 8.78 Å². The predicted octanol–water partition coefficient (Wildman–Crippen LogP) is 1.43. The van der Waals surface area contributed by atoms with Crippen LogP contribution in [-0.2, 0) is 0 Å². The summed E-state index contributed by atoms with van der Waals surface area (Å²) in [7, 11) is 0. The van der Waals surface area contributed by atoms with Gasteiger partial charge in [-0.05, 0) is 19.1 Å². The van der Waals surface area contributed by atoms with Crippen LogP contribution >= 0.6 is 0 Å². The zero-order valence-corrected chi connectivity index (χ0v) is 7.80. The average molecular weight is 202 g/mol. The monoisotopic (exact) mass is 202 g/mol. The lowest BCUT2D eigenvalue weighted by molar-refractivity contribution is -0.0372. The molecule has 1 aromatic heterocycles. The molecule has 0 unspecified atom stereocenters. The number of nitrogens with zero attached hydrogens (tertiary/aromatic N) is 1. The topological polar surface area (TPSA) is 45.1 Å². The number of aliphatic hydroxyl groups excluding tert-OH is 1. The van der Waals surface area contributed by atoms with Gasteiger partial charge in [0.2, 0.25) is 0 Å². The number of alkyl halides is 2. The SMILES string of the molecule is Cc1cc(NCC(F)(F)CO)ccn1. The van der Waals surface area contributed by atoms with E-state index in [1.165, 1.54) is 6.20 Å². The van der Waals surface area contributed by atoms with E-state index < -0.39 is 19.1 Å². The van der Waals surface area contributed by atoms with Crippen LogP contribution in [0.5, 0.6) is 0 Å². The molecule has 14 heavy (non-hydrogen) atoms. The normalized spacial score (nSPS) is 11.4. The molecule has 0 aliphatic heterocycles. The van der Waals surface area contributed by atoms with E-state index >= 15 is 0 Å². The van der Waals surface area contributed by atoms with Gasteiger partial charge in [-0.2, -0.15) is 0 Å². The summed E-state index contributed by atoms with van der Waals surface area (Å²) >= 11 is 0. The standard InChI is InChI=1S/C9H12F2N2O/c1-7-4-8(2-3-12-7)13-5-9(10,11)6-14/h2-4,14H,5-6H2,1H3,(H,12,13). The summed E-state index contributed by atoms with van der Waals surface area (Å²) in [5, 5.41) is 10.9. The summed E-state index contributed by atoms with van der Waals surface area (Å²) in [5.74, 6) is -3.09. The Labute approximate surface area is 80.8 Å². The molecule has 0 amide bonds. The Morgan fingerprint density at radius 1 is 1.57 bits per heavy atom. The number of rotatable bonds is 4. The van der Waals surface area contributed by atoms with Gasteiger partial charge in [-0.1, -0.05) is 0 Å². The van der Waals surface area contributed by atoms with Gasteiger partial charge < -0.3 is 10.4 Å². The second-order valence-corrected chi connectivity index (χ2v) is 3.05. The molecular weight excluding hydrogens is 190 g/mol. The van der Waals surface area contributed by atoms with Crippen LogP contribution in [0.3, 0.4) is 0 Å². The summed E-state index contributed by atoms with van der Waals surface area (Å²) in [6.45, 7) is 0.0480. The second-order valence-electron chi connectivity index (χ2n) is 3.05. The summed E-state index contributed by atoms with van der Waals surface area (Å²) in [4.78, 5) is 3.93. The maximum absolute atomic E-state index is 12.6. The molecule has 2 N–H and O–H groups in total. The fourth-order valence-electron chi connectivity index (χ4n) is 0.943. The highest BCUT2D eigenvalue weighted by Gasteiger charge is 2.26. The van der Waals surface area contributed by atoms with E-state index in [0.717, 1.165) is 5.69 Å².